The third-order valence-corrected chi connectivity index (χ3v) is 4.82. The van der Waals surface area contributed by atoms with E-state index in [2.05, 4.69) is 27.6 Å². The van der Waals surface area contributed by atoms with Crippen molar-refractivity contribution in [2.24, 2.45) is 5.10 Å². The number of rotatable bonds is 4. The number of nitrogens with one attached hydrogen (secondary N) is 1. The molecule has 0 atom stereocenters. The van der Waals surface area contributed by atoms with Gasteiger partial charge in [0.2, 0.25) is 0 Å². The Morgan fingerprint density at radius 2 is 1.92 bits per heavy atom. The van der Waals surface area contributed by atoms with Gasteiger partial charge in [0.05, 0.1) is 16.8 Å². The molecule has 2 aromatic carbocycles. The second-order valence-electron chi connectivity index (χ2n) is 6.06. The Kier molecular flexibility index (Phi) is 5.61. The molecule has 0 saturated carbocycles. The van der Waals surface area contributed by atoms with Crippen LogP contribution in [0.25, 0.3) is 0 Å². The van der Waals surface area contributed by atoms with E-state index in [0.29, 0.717) is 15.6 Å². The number of carbonyl (C=O) groups excluding carboxylic acids is 1. The largest absolute Gasteiger partial charge is 0.372 e. The first-order valence-corrected chi connectivity index (χ1v) is 8.94. The Morgan fingerprint density at radius 3 is 2.60 bits per heavy atom. The maximum absolute atomic E-state index is 12.1. The highest BCUT2D eigenvalue weighted by molar-refractivity contribution is 6.36. The molecule has 0 unspecified atom stereocenters. The number of amides is 1. The van der Waals surface area contributed by atoms with Gasteiger partial charge in [-0.25, -0.2) is 5.43 Å². The smallest absolute Gasteiger partial charge is 0.272 e. The number of nitrogens with zero attached hydrogens (tertiary/aromatic N) is 2. The zero-order valence-electron chi connectivity index (χ0n) is 13.9. The summed E-state index contributed by atoms with van der Waals surface area (Å²) in [5.41, 5.74) is 6.16. The SMILES string of the molecule is Cc1cc(N2CCCC2)ccc1/C=N/NC(=O)c1ccc(Cl)cc1Cl. The monoisotopic (exact) mass is 375 g/mol. The summed E-state index contributed by atoms with van der Waals surface area (Å²) in [6.07, 6.45) is 4.15. The molecular formula is C19H19Cl2N3O. The predicted octanol–water partition coefficient (Wildman–Crippen LogP) is 4.67. The van der Waals surface area contributed by atoms with Crippen molar-refractivity contribution >= 4 is 41.0 Å². The fraction of sp³-hybridized carbons (Fsp3) is 0.263. The van der Waals surface area contributed by atoms with Crippen molar-refractivity contribution in [3.63, 3.8) is 0 Å². The fourth-order valence-corrected chi connectivity index (χ4v) is 3.37. The van der Waals surface area contributed by atoms with Gasteiger partial charge in [0.25, 0.3) is 5.91 Å². The van der Waals surface area contributed by atoms with Crippen molar-refractivity contribution in [1.29, 1.82) is 0 Å². The van der Waals surface area contributed by atoms with E-state index in [9.17, 15) is 4.79 Å². The Bertz CT molecular complexity index is 814. The van der Waals surface area contributed by atoms with Crippen LogP contribution in [0.2, 0.25) is 10.0 Å². The summed E-state index contributed by atoms with van der Waals surface area (Å²) in [6, 6.07) is 11.0. The van der Waals surface area contributed by atoms with Crippen molar-refractivity contribution in [2.45, 2.75) is 19.8 Å². The minimum atomic E-state index is -0.371. The number of carbonyl (C=O) groups is 1. The zero-order valence-corrected chi connectivity index (χ0v) is 15.4. The lowest BCUT2D eigenvalue weighted by molar-refractivity contribution is 0.0955. The summed E-state index contributed by atoms with van der Waals surface area (Å²) in [6.45, 7) is 4.27. The van der Waals surface area contributed by atoms with Gasteiger partial charge in [0.15, 0.2) is 0 Å². The number of halogens is 2. The van der Waals surface area contributed by atoms with Crippen molar-refractivity contribution in [3.8, 4) is 0 Å². The Hall–Kier alpha value is -2.04. The molecule has 6 heteroatoms. The Balaban J connectivity index is 1.66. The van der Waals surface area contributed by atoms with Crippen LogP contribution >= 0.6 is 23.2 Å². The lowest BCUT2D eigenvalue weighted by Crippen LogP contribution is -2.18. The Morgan fingerprint density at radius 1 is 1.16 bits per heavy atom. The van der Waals surface area contributed by atoms with Gasteiger partial charge in [-0.15, -0.1) is 0 Å². The van der Waals surface area contributed by atoms with E-state index in [0.717, 1.165) is 24.2 Å². The maximum Gasteiger partial charge on any atom is 0.272 e. The molecule has 1 aliphatic rings. The molecule has 3 rings (SSSR count). The van der Waals surface area contributed by atoms with Crippen LogP contribution in [0.15, 0.2) is 41.5 Å². The minimum Gasteiger partial charge on any atom is -0.372 e. The quantitative estimate of drug-likeness (QED) is 0.623. The number of aryl methyl sites for hydroxylation is 1. The molecule has 0 spiro atoms. The molecule has 0 aromatic heterocycles. The van der Waals surface area contributed by atoms with Crippen LogP contribution < -0.4 is 10.3 Å². The topological polar surface area (TPSA) is 44.7 Å². The number of hydrogen-bond donors (Lipinski definition) is 1. The van der Waals surface area contributed by atoms with Crippen LogP contribution in [0.1, 0.15) is 34.3 Å². The van der Waals surface area contributed by atoms with Crippen LogP contribution in [0.5, 0.6) is 0 Å². The lowest BCUT2D eigenvalue weighted by Gasteiger charge is -2.18. The van der Waals surface area contributed by atoms with Gasteiger partial charge in [-0.3, -0.25) is 4.79 Å². The van der Waals surface area contributed by atoms with Crippen LogP contribution in [-0.4, -0.2) is 25.2 Å². The van der Waals surface area contributed by atoms with Gasteiger partial charge in [-0.1, -0.05) is 29.3 Å². The zero-order chi connectivity index (χ0) is 17.8. The van der Waals surface area contributed by atoms with E-state index < -0.39 is 0 Å². The van der Waals surface area contributed by atoms with E-state index >= 15 is 0 Å². The summed E-state index contributed by atoms with van der Waals surface area (Å²) in [7, 11) is 0. The van der Waals surface area contributed by atoms with Crippen molar-refractivity contribution in [1.82, 2.24) is 5.43 Å². The number of anilines is 1. The molecule has 130 valence electrons. The van der Waals surface area contributed by atoms with E-state index in [1.807, 2.05) is 13.0 Å². The van der Waals surface area contributed by atoms with Crippen molar-refractivity contribution in [3.05, 3.63) is 63.1 Å². The van der Waals surface area contributed by atoms with Gasteiger partial charge < -0.3 is 4.90 Å². The van der Waals surface area contributed by atoms with Gasteiger partial charge in [-0.2, -0.15) is 5.10 Å². The van der Waals surface area contributed by atoms with Crippen molar-refractivity contribution < 1.29 is 4.79 Å². The molecule has 25 heavy (non-hydrogen) atoms. The molecule has 0 aliphatic carbocycles. The van der Waals surface area contributed by atoms with Gasteiger partial charge in [-0.05, 0) is 61.2 Å². The highest BCUT2D eigenvalue weighted by atomic mass is 35.5. The third-order valence-electron chi connectivity index (χ3n) is 4.27. The summed E-state index contributed by atoms with van der Waals surface area (Å²) < 4.78 is 0. The average molecular weight is 376 g/mol. The van der Waals surface area contributed by atoms with Crippen LogP contribution in [0.3, 0.4) is 0 Å². The van der Waals surface area contributed by atoms with Crippen LogP contribution in [0, 0.1) is 6.92 Å². The molecule has 1 fully saturated rings. The Labute approximate surface area is 157 Å². The van der Waals surface area contributed by atoms with Gasteiger partial charge >= 0.3 is 0 Å². The van der Waals surface area contributed by atoms with Gasteiger partial charge in [0.1, 0.15) is 0 Å². The van der Waals surface area contributed by atoms with Crippen LogP contribution in [0.4, 0.5) is 5.69 Å². The number of benzene rings is 2. The molecule has 1 aliphatic heterocycles. The minimum absolute atomic E-state index is 0.298. The first kappa shape index (κ1) is 17.8. The molecule has 1 heterocycles. The summed E-state index contributed by atoms with van der Waals surface area (Å²) in [5.74, 6) is -0.371. The second kappa shape index (κ2) is 7.89. The summed E-state index contributed by atoms with van der Waals surface area (Å²) in [4.78, 5) is 14.5. The molecule has 0 bridgehead atoms. The molecule has 4 nitrogen and oxygen atoms in total. The maximum atomic E-state index is 12.1. The lowest BCUT2D eigenvalue weighted by atomic mass is 10.1. The number of hydrogen-bond acceptors (Lipinski definition) is 3. The fourth-order valence-electron chi connectivity index (χ4n) is 2.87. The molecular weight excluding hydrogens is 357 g/mol. The molecule has 0 radical (unpaired) electrons. The highest BCUT2D eigenvalue weighted by Crippen LogP contribution is 2.23. The standard InChI is InChI=1S/C19H19Cl2N3O/c1-13-10-16(24-8-2-3-9-24)6-4-14(13)12-22-23-19(25)17-7-5-15(20)11-18(17)21/h4-7,10-12H,2-3,8-9H2,1H3,(H,23,25)/b22-12+. The van der Waals surface area contributed by atoms with E-state index in [4.69, 9.17) is 23.2 Å². The molecule has 1 amide bonds. The van der Waals surface area contributed by atoms with E-state index in [1.54, 1.807) is 18.3 Å². The number of hydrazone groups is 1. The predicted molar refractivity (Wildman–Crippen MR) is 104 cm³/mol. The van der Waals surface area contributed by atoms with E-state index in [-0.39, 0.29) is 5.91 Å². The third kappa shape index (κ3) is 4.33. The average Bonchev–Trinajstić information content (AvgIpc) is 3.10. The van der Waals surface area contributed by atoms with Crippen molar-refractivity contribution in [2.75, 3.05) is 18.0 Å². The van der Waals surface area contributed by atoms with E-state index in [1.165, 1.54) is 24.6 Å². The summed E-state index contributed by atoms with van der Waals surface area (Å²) >= 11 is 11.9. The normalized spacial score (nSPS) is 14.3. The first-order valence-electron chi connectivity index (χ1n) is 8.18. The second-order valence-corrected chi connectivity index (χ2v) is 6.90. The molecule has 1 saturated heterocycles. The van der Waals surface area contributed by atoms with Gasteiger partial charge in [0, 0.05) is 23.8 Å². The summed E-state index contributed by atoms with van der Waals surface area (Å²) in [5, 5.41) is 4.82. The van der Waals surface area contributed by atoms with Crippen LogP contribution in [-0.2, 0) is 0 Å². The highest BCUT2D eigenvalue weighted by Gasteiger charge is 2.13. The first-order chi connectivity index (χ1) is 12.0. The molecule has 1 N–H and O–H groups in total. The molecule has 2 aromatic rings.